The summed E-state index contributed by atoms with van der Waals surface area (Å²) in [6, 6.07) is 4.86. The number of hydrogen-bond donors (Lipinski definition) is 1. The molecule has 0 aliphatic heterocycles. The Morgan fingerprint density at radius 3 is 2.85 bits per heavy atom. The molecule has 1 aromatic rings. The molecule has 2 N–H and O–H groups in total. The Kier molecular flexibility index (Phi) is 2.83. The number of benzene rings is 1. The summed E-state index contributed by atoms with van der Waals surface area (Å²) in [5, 5.41) is 8.55. The molecule has 3 nitrogen and oxygen atoms in total. The van der Waals surface area contributed by atoms with Gasteiger partial charge in [0.1, 0.15) is 17.6 Å². The largest absolute Gasteiger partial charge is 0.496 e. The lowest BCUT2D eigenvalue weighted by Gasteiger charge is -2.09. The second-order valence-electron chi connectivity index (χ2n) is 2.49. The van der Waals surface area contributed by atoms with E-state index < -0.39 is 11.9 Å². The van der Waals surface area contributed by atoms with E-state index in [-0.39, 0.29) is 0 Å². The maximum atomic E-state index is 12.8. The van der Waals surface area contributed by atoms with E-state index in [1.54, 1.807) is 0 Å². The van der Waals surface area contributed by atoms with Gasteiger partial charge in [0.05, 0.1) is 13.2 Å². The molecule has 0 unspecified atom stereocenters. The van der Waals surface area contributed by atoms with E-state index in [9.17, 15) is 4.39 Å². The van der Waals surface area contributed by atoms with Crippen LogP contribution in [0.2, 0.25) is 0 Å². The fourth-order valence-electron chi connectivity index (χ4n) is 1.02. The molecular formula is C9H9FN2O. The van der Waals surface area contributed by atoms with Crippen molar-refractivity contribution in [1.29, 1.82) is 5.26 Å². The van der Waals surface area contributed by atoms with Crippen molar-refractivity contribution in [2.45, 2.75) is 6.04 Å². The molecule has 0 bridgehead atoms. The average molecular weight is 180 g/mol. The van der Waals surface area contributed by atoms with Gasteiger partial charge in [-0.3, -0.25) is 0 Å². The van der Waals surface area contributed by atoms with Crippen LogP contribution in [0.4, 0.5) is 4.39 Å². The molecule has 1 rings (SSSR count). The van der Waals surface area contributed by atoms with Crippen molar-refractivity contribution < 1.29 is 9.13 Å². The summed E-state index contributed by atoms with van der Waals surface area (Å²) in [6.07, 6.45) is 0. The summed E-state index contributed by atoms with van der Waals surface area (Å²) in [7, 11) is 1.45. The Morgan fingerprint density at radius 2 is 2.31 bits per heavy atom. The second kappa shape index (κ2) is 3.87. The third kappa shape index (κ3) is 1.95. The Morgan fingerprint density at radius 1 is 1.62 bits per heavy atom. The highest BCUT2D eigenvalue weighted by Gasteiger charge is 2.11. The zero-order valence-electron chi connectivity index (χ0n) is 7.12. The monoisotopic (exact) mass is 180 g/mol. The van der Waals surface area contributed by atoms with E-state index >= 15 is 0 Å². The number of ether oxygens (including phenoxy) is 1. The maximum absolute atomic E-state index is 12.8. The Balaban J connectivity index is 3.17. The highest BCUT2D eigenvalue weighted by Crippen LogP contribution is 2.23. The lowest BCUT2D eigenvalue weighted by Crippen LogP contribution is -2.09. The minimum atomic E-state index is -0.856. The van der Waals surface area contributed by atoms with E-state index in [0.717, 1.165) is 0 Å². The first-order valence-corrected chi connectivity index (χ1v) is 3.67. The molecule has 4 heteroatoms. The number of nitrogens with two attached hydrogens (primary N) is 1. The van der Waals surface area contributed by atoms with Crippen LogP contribution in [-0.4, -0.2) is 7.11 Å². The van der Waals surface area contributed by atoms with Gasteiger partial charge in [0.25, 0.3) is 0 Å². The maximum Gasteiger partial charge on any atom is 0.124 e. The predicted molar refractivity (Wildman–Crippen MR) is 45.5 cm³/mol. The van der Waals surface area contributed by atoms with Gasteiger partial charge in [0.2, 0.25) is 0 Å². The summed E-state index contributed by atoms with van der Waals surface area (Å²) in [4.78, 5) is 0. The van der Waals surface area contributed by atoms with E-state index in [0.29, 0.717) is 11.3 Å². The van der Waals surface area contributed by atoms with Gasteiger partial charge in [0, 0.05) is 5.56 Å². The molecule has 0 radical (unpaired) electrons. The summed E-state index contributed by atoms with van der Waals surface area (Å²) in [5.74, 6) is -0.00282. The fourth-order valence-corrected chi connectivity index (χ4v) is 1.02. The van der Waals surface area contributed by atoms with Crippen LogP contribution in [-0.2, 0) is 0 Å². The van der Waals surface area contributed by atoms with E-state index in [1.807, 2.05) is 6.07 Å². The van der Waals surface area contributed by atoms with Crippen LogP contribution < -0.4 is 10.5 Å². The van der Waals surface area contributed by atoms with E-state index in [4.69, 9.17) is 15.7 Å². The van der Waals surface area contributed by atoms with Crippen LogP contribution in [0.1, 0.15) is 11.6 Å². The molecule has 0 aliphatic carbocycles. The summed E-state index contributed by atoms with van der Waals surface area (Å²) in [6.45, 7) is 0. The molecule has 0 fully saturated rings. The van der Waals surface area contributed by atoms with Gasteiger partial charge < -0.3 is 10.5 Å². The van der Waals surface area contributed by atoms with Crippen molar-refractivity contribution >= 4 is 0 Å². The van der Waals surface area contributed by atoms with Crippen molar-refractivity contribution in [2.75, 3.05) is 7.11 Å². The molecule has 0 aliphatic rings. The van der Waals surface area contributed by atoms with Crippen LogP contribution in [0, 0.1) is 17.1 Å². The number of halogens is 1. The number of methoxy groups -OCH3 is 1. The smallest absolute Gasteiger partial charge is 0.124 e. The first kappa shape index (κ1) is 9.49. The molecule has 1 aromatic carbocycles. The molecule has 0 amide bonds. The summed E-state index contributed by atoms with van der Waals surface area (Å²) >= 11 is 0. The molecule has 0 saturated heterocycles. The molecule has 68 valence electrons. The van der Waals surface area contributed by atoms with Crippen LogP contribution >= 0.6 is 0 Å². The zero-order valence-corrected chi connectivity index (χ0v) is 7.12. The van der Waals surface area contributed by atoms with E-state index in [2.05, 4.69) is 0 Å². The Hall–Kier alpha value is -1.60. The van der Waals surface area contributed by atoms with Crippen molar-refractivity contribution in [1.82, 2.24) is 0 Å². The van der Waals surface area contributed by atoms with Gasteiger partial charge >= 0.3 is 0 Å². The van der Waals surface area contributed by atoms with Crippen molar-refractivity contribution in [2.24, 2.45) is 5.73 Å². The van der Waals surface area contributed by atoms with Crippen LogP contribution in [0.25, 0.3) is 0 Å². The summed E-state index contributed by atoms with van der Waals surface area (Å²) in [5.41, 5.74) is 5.80. The summed E-state index contributed by atoms with van der Waals surface area (Å²) < 4.78 is 17.7. The number of rotatable bonds is 2. The number of hydrogen-bond acceptors (Lipinski definition) is 3. The SMILES string of the molecule is COc1ccc(F)cc1[C@@H](N)C#N. The number of nitriles is 1. The van der Waals surface area contributed by atoms with Gasteiger partial charge in [-0.05, 0) is 18.2 Å². The van der Waals surface area contributed by atoms with Gasteiger partial charge in [-0.2, -0.15) is 5.26 Å². The second-order valence-corrected chi connectivity index (χ2v) is 2.49. The van der Waals surface area contributed by atoms with Gasteiger partial charge in [-0.1, -0.05) is 0 Å². The molecule has 0 spiro atoms. The van der Waals surface area contributed by atoms with Gasteiger partial charge in [-0.15, -0.1) is 0 Å². The molecule has 0 saturated carbocycles. The molecule has 0 heterocycles. The molecule has 0 aromatic heterocycles. The highest BCUT2D eigenvalue weighted by molar-refractivity contribution is 5.38. The minimum Gasteiger partial charge on any atom is -0.496 e. The first-order valence-electron chi connectivity index (χ1n) is 3.67. The van der Waals surface area contributed by atoms with Crippen molar-refractivity contribution in [3.8, 4) is 11.8 Å². The lowest BCUT2D eigenvalue weighted by molar-refractivity contribution is 0.407. The third-order valence-corrected chi connectivity index (χ3v) is 1.67. The zero-order chi connectivity index (χ0) is 9.84. The number of nitrogens with zero attached hydrogens (tertiary/aromatic N) is 1. The predicted octanol–water partition coefficient (Wildman–Crippen LogP) is 1.36. The minimum absolute atomic E-state index is 0.366. The first-order chi connectivity index (χ1) is 6.19. The van der Waals surface area contributed by atoms with Crippen molar-refractivity contribution in [3.05, 3.63) is 29.6 Å². The topological polar surface area (TPSA) is 59.0 Å². The van der Waals surface area contributed by atoms with Crippen LogP contribution in [0.5, 0.6) is 5.75 Å². The molecular weight excluding hydrogens is 171 g/mol. The van der Waals surface area contributed by atoms with Gasteiger partial charge in [0.15, 0.2) is 0 Å². The molecule has 1 atom stereocenters. The fraction of sp³-hybridized carbons (Fsp3) is 0.222. The third-order valence-electron chi connectivity index (χ3n) is 1.67. The van der Waals surface area contributed by atoms with Crippen molar-refractivity contribution in [3.63, 3.8) is 0 Å². The quantitative estimate of drug-likeness (QED) is 0.747. The Labute approximate surface area is 75.5 Å². The normalized spacial score (nSPS) is 11.8. The standard InChI is InChI=1S/C9H9FN2O/c1-13-9-3-2-6(10)4-7(9)8(12)5-11/h2-4,8H,12H2,1H3/t8-/m0/s1. The van der Waals surface area contributed by atoms with Crippen LogP contribution in [0.15, 0.2) is 18.2 Å². The Bertz CT molecular complexity index is 346. The van der Waals surface area contributed by atoms with Gasteiger partial charge in [-0.25, -0.2) is 4.39 Å². The highest BCUT2D eigenvalue weighted by atomic mass is 19.1. The van der Waals surface area contributed by atoms with Crippen LogP contribution in [0.3, 0.4) is 0 Å². The molecule has 13 heavy (non-hydrogen) atoms. The lowest BCUT2D eigenvalue weighted by atomic mass is 10.1. The average Bonchev–Trinajstić information content (AvgIpc) is 2.16. The van der Waals surface area contributed by atoms with E-state index in [1.165, 1.54) is 25.3 Å².